The number of alkyl halides is 5. The van der Waals surface area contributed by atoms with E-state index >= 15 is 0 Å². The summed E-state index contributed by atoms with van der Waals surface area (Å²) in [6.45, 7) is 3.56. The lowest BCUT2D eigenvalue weighted by molar-refractivity contribution is -0.274. The van der Waals surface area contributed by atoms with Crippen molar-refractivity contribution in [3.8, 4) is 11.4 Å². The van der Waals surface area contributed by atoms with Crippen molar-refractivity contribution < 1.29 is 26.7 Å². The maximum Gasteiger partial charge on any atom is 0.573 e. The van der Waals surface area contributed by atoms with E-state index in [4.69, 9.17) is 0 Å². The predicted octanol–water partition coefficient (Wildman–Crippen LogP) is 4.98. The lowest BCUT2D eigenvalue weighted by atomic mass is 9.95. The molecule has 1 atom stereocenters. The van der Waals surface area contributed by atoms with E-state index in [1.54, 1.807) is 9.80 Å². The molecule has 2 aromatic heterocycles. The van der Waals surface area contributed by atoms with E-state index in [-0.39, 0.29) is 30.5 Å². The van der Waals surface area contributed by atoms with E-state index < -0.39 is 18.3 Å². The Kier molecular flexibility index (Phi) is 5.62. The van der Waals surface area contributed by atoms with Crippen molar-refractivity contribution in [3.05, 3.63) is 59.3 Å². The smallest absolute Gasteiger partial charge is 0.402 e. The summed E-state index contributed by atoms with van der Waals surface area (Å²) in [5, 5.41) is 8.90. The van der Waals surface area contributed by atoms with Gasteiger partial charge in [-0.15, -0.1) is 23.4 Å². The topological polar surface area (TPSA) is 59.3 Å². The van der Waals surface area contributed by atoms with Gasteiger partial charge >= 0.3 is 6.36 Å². The summed E-state index contributed by atoms with van der Waals surface area (Å²) in [7, 11) is 0. The lowest BCUT2D eigenvalue weighted by Gasteiger charge is -2.33. The Balaban J connectivity index is 1.27. The van der Waals surface area contributed by atoms with Crippen LogP contribution in [0.3, 0.4) is 0 Å². The van der Waals surface area contributed by atoms with Gasteiger partial charge in [0.1, 0.15) is 5.82 Å². The summed E-state index contributed by atoms with van der Waals surface area (Å²) < 4.78 is 72.7. The molecular formula is C25H25F5N6O. The highest BCUT2D eigenvalue weighted by Crippen LogP contribution is 2.47. The average molecular weight is 521 g/mol. The van der Waals surface area contributed by atoms with Gasteiger partial charge in [0, 0.05) is 38.2 Å². The second-order valence-electron chi connectivity index (χ2n) is 9.96. The predicted molar refractivity (Wildman–Crippen MR) is 124 cm³/mol. The molecule has 37 heavy (non-hydrogen) atoms. The van der Waals surface area contributed by atoms with Gasteiger partial charge in [0.05, 0.1) is 18.3 Å². The number of halogens is 5. The number of aryl methyl sites for hydroxylation is 1. The largest absolute Gasteiger partial charge is 0.573 e. The number of nitrogens with zero attached hydrogens (tertiary/aromatic N) is 6. The Hall–Kier alpha value is -3.28. The van der Waals surface area contributed by atoms with Crippen LogP contribution in [0, 0.1) is 6.92 Å². The first-order valence-electron chi connectivity index (χ1n) is 12.2. The molecule has 1 saturated carbocycles. The van der Waals surface area contributed by atoms with E-state index in [9.17, 15) is 22.0 Å². The summed E-state index contributed by atoms with van der Waals surface area (Å²) >= 11 is 0. The zero-order chi connectivity index (χ0) is 25.9. The van der Waals surface area contributed by atoms with Crippen molar-refractivity contribution in [1.82, 2.24) is 24.6 Å². The zero-order valence-corrected chi connectivity index (χ0v) is 20.0. The van der Waals surface area contributed by atoms with Crippen molar-refractivity contribution >= 4 is 5.82 Å². The van der Waals surface area contributed by atoms with Gasteiger partial charge in [-0.1, -0.05) is 17.7 Å². The van der Waals surface area contributed by atoms with Crippen LogP contribution in [0.4, 0.5) is 27.8 Å². The number of hydrogen-bond acceptors (Lipinski definition) is 6. The molecule has 1 aromatic carbocycles. The molecular weight excluding hydrogens is 495 g/mol. The fraction of sp³-hybridized carbons (Fsp3) is 0.480. The first-order valence-corrected chi connectivity index (χ1v) is 12.2. The minimum absolute atomic E-state index is 0.00346. The van der Waals surface area contributed by atoms with Crippen LogP contribution in [-0.4, -0.2) is 56.1 Å². The highest BCUT2D eigenvalue weighted by Gasteiger charge is 2.60. The fourth-order valence-electron chi connectivity index (χ4n) is 5.46. The molecule has 7 nitrogen and oxygen atoms in total. The van der Waals surface area contributed by atoms with Gasteiger partial charge in [0.25, 0.3) is 5.92 Å². The van der Waals surface area contributed by atoms with E-state index in [1.165, 1.54) is 18.3 Å². The molecule has 0 spiro atoms. The highest BCUT2D eigenvalue weighted by atomic mass is 19.4. The number of anilines is 1. The Morgan fingerprint density at radius 2 is 1.81 bits per heavy atom. The van der Waals surface area contributed by atoms with Crippen LogP contribution in [0.2, 0.25) is 0 Å². The van der Waals surface area contributed by atoms with Crippen molar-refractivity contribution in [2.24, 2.45) is 0 Å². The van der Waals surface area contributed by atoms with Crippen LogP contribution in [0.5, 0.6) is 5.75 Å². The van der Waals surface area contributed by atoms with Crippen LogP contribution in [-0.2, 0) is 13.1 Å². The molecule has 3 aromatic rings. The van der Waals surface area contributed by atoms with Gasteiger partial charge in [-0.3, -0.25) is 9.47 Å². The molecule has 196 valence electrons. The number of ether oxygens (including phenoxy) is 1. The van der Waals surface area contributed by atoms with Crippen LogP contribution in [0.25, 0.3) is 5.69 Å². The number of benzene rings is 1. The van der Waals surface area contributed by atoms with Gasteiger partial charge in [0.15, 0.2) is 17.4 Å². The number of fused-ring (bicyclic) bond motifs is 3. The Morgan fingerprint density at radius 3 is 2.51 bits per heavy atom. The third-order valence-corrected chi connectivity index (χ3v) is 7.32. The number of piperidine rings is 1. The quantitative estimate of drug-likeness (QED) is 0.453. The third kappa shape index (κ3) is 4.62. The SMILES string of the molecule is Cc1ccc2c(c1)CN(C1CC1(F)F)Cc1nnc(C3CCN(c4ncccc4OC(F)(F)F)CC3)n1-2. The van der Waals surface area contributed by atoms with Gasteiger partial charge in [-0.05, 0) is 43.5 Å². The lowest BCUT2D eigenvalue weighted by Crippen LogP contribution is -2.35. The monoisotopic (exact) mass is 520 g/mol. The molecule has 1 unspecified atom stereocenters. The molecule has 0 amide bonds. The first kappa shape index (κ1) is 24.1. The van der Waals surface area contributed by atoms with Crippen molar-refractivity contribution in [3.63, 3.8) is 0 Å². The normalized spacial score (nSPS) is 21.8. The van der Waals surface area contributed by atoms with Gasteiger partial charge < -0.3 is 9.64 Å². The average Bonchev–Trinajstić information content (AvgIpc) is 3.34. The summed E-state index contributed by atoms with van der Waals surface area (Å²) in [4.78, 5) is 7.70. The maximum absolute atomic E-state index is 14.0. The highest BCUT2D eigenvalue weighted by molar-refractivity contribution is 5.53. The van der Waals surface area contributed by atoms with Crippen molar-refractivity contribution in [1.29, 1.82) is 0 Å². The standard InChI is InChI=1S/C25H25F5N6O/c1-15-4-5-18-17(11-15)13-35(20-12-24(20,26)27)14-21-32-33-22(36(18)21)16-6-9-34(10-7-16)23-19(3-2-8-31-23)37-25(28,29)30/h2-5,8,11,16,20H,6-7,9-10,12-14H2,1H3. The molecule has 1 aliphatic carbocycles. The summed E-state index contributed by atoms with van der Waals surface area (Å²) in [6.07, 6.45) is -2.28. The molecule has 0 N–H and O–H groups in total. The Labute approximate surface area is 209 Å². The minimum Gasteiger partial charge on any atom is -0.402 e. The molecule has 4 heterocycles. The van der Waals surface area contributed by atoms with Gasteiger partial charge in [-0.2, -0.15) is 0 Å². The van der Waals surface area contributed by atoms with Crippen LogP contribution < -0.4 is 9.64 Å². The molecule has 12 heteroatoms. The zero-order valence-electron chi connectivity index (χ0n) is 20.0. The van der Waals surface area contributed by atoms with Gasteiger partial charge in [0.2, 0.25) is 0 Å². The molecule has 0 radical (unpaired) electrons. The van der Waals surface area contributed by atoms with Crippen LogP contribution >= 0.6 is 0 Å². The van der Waals surface area contributed by atoms with Crippen LogP contribution in [0.1, 0.15) is 48.0 Å². The molecule has 1 saturated heterocycles. The molecule has 0 bridgehead atoms. The van der Waals surface area contributed by atoms with E-state index in [0.717, 1.165) is 22.6 Å². The molecule has 6 rings (SSSR count). The van der Waals surface area contributed by atoms with Crippen molar-refractivity contribution in [2.75, 3.05) is 18.0 Å². The van der Waals surface area contributed by atoms with Crippen LogP contribution in [0.15, 0.2) is 36.5 Å². The maximum atomic E-state index is 14.0. The minimum atomic E-state index is -4.81. The number of hydrogen-bond donors (Lipinski definition) is 0. The molecule has 2 fully saturated rings. The number of rotatable bonds is 4. The summed E-state index contributed by atoms with van der Waals surface area (Å²) in [6, 6.07) is 7.85. The Bertz CT molecular complexity index is 1320. The Morgan fingerprint density at radius 1 is 1.05 bits per heavy atom. The second kappa shape index (κ2) is 8.64. The first-order chi connectivity index (χ1) is 17.6. The molecule has 3 aliphatic rings. The summed E-state index contributed by atoms with van der Waals surface area (Å²) in [5.74, 6) is -1.50. The molecule has 2 aliphatic heterocycles. The second-order valence-corrected chi connectivity index (χ2v) is 9.96. The fourth-order valence-corrected chi connectivity index (χ4v) is 5.46. The number of pyridine rings is 1. The van der Waals surface area contributed by atoms with Gasteiger partial charge in [-0.25, -0.2) is 13.8 Å². The summed E-state index contributed by atoms with van der Waals surface area (Å²) in [5.41, 5.74) is 2.88. The van der Waals surface area contributed by atoms with E-state index in [0.29, 0.717) is 38.3 Å². The third-order valence-electron chi connectivity index (χ3n) is 7.32. The van der Waals surface area contributed by atoms with Crippen molar-refractivity contribution in [2.45, 2.75) is 63.5 Å². The number of aromatic nitrogens is 4. The van der Waals surface area contributed by atoms with E-state index in [2.05, 4.69) is 19.9 Å². The van der Waals surface area contributed by atoms with E-state index in [1.807, 2.05) is 29.7 Å².